The van der Waals surface area contributed by atoms with E-state index in [9.17, 15) is 0 Å². The Balaban J connectivity index is 1.83. The van der Waals surface area contributed by atoms with Crippen LogP contribution in [0, 0.1) is 6.92 Å². The molecular weight excluding hydrogens is 248 g/mol. The van der Waals surface area contributed by atoms with Crippen LogP contribution in [0.5, 0.6) is 0 Å². The number of fused-ring (bicyclic) bond motifs is 1. The maximum Gasteiger partial charge on any atom is 0.129 e. The molecule has 2 atom stereocenters. The SMILES string of the molecule is Cc1cc(CN)cc(N2CC3CCCCN3CC2C)n1. The molecule has 0 amide bonds. The molecule has 4 heteroatoms. The van der Waals surface area contributed by atoms with Crippen molar-refractivity contribution < 1.29 is 0 Å². The maximum atomic E-state index is 5.80. The third-order valence-corrected chi connectivity index (χ3v) is 4.72. The molecule has 2 aliphatic heterocycles. The van der Waals surface area contributed by atoms with Gasteiger partial charge in [-0.1, -0.05) is 6.42 Å². The van der Waals surface area contributed by atoms with E-state index in [2.05, 4.69) is 35.8 Å². The van der Waals surface area contributed by atoms with E-state index in [0.717, 1.165) is 24.6 Å². The smallest absolute Gasteiger partial charge is 0.129 e. The lowest BCUT2D eigenvalue weighted by Gasteiger charge is -2.48. The Kier molecular flexibility index (Phi) is 3.94. The minimum Gasteiger partial charge on any atom is -0.351 e. The van der Waals surface area contributed by atoms with Crippen LogP contribution in [-0.4, -0.2) is 41.6 Å². The van der Waals surface area contributed by atoms with Crippen LogP contribution < -0.4 is 10.6 Å². The molecule has 1 aromatic rings. The molecule has 20 heavy (non-hydrogen) atoms. The number of piperazine rings is 1. The Hall–Kier alpha value is -1.13. The second kappa shape index (κ2) is 5.70. The summed E-state index contributed by atoms with van der Waals surface area (Å²) in [6.45, 7) is 8.52. The summed E-state index contributed by atoms with van der Waals surface area (Å²) in [6, 6.07) is 5.50. The minimum absolute atomic E-state index is 0.532. The van der Waals surface area contributed by atoms with Crippen LogP contribution in [0.25, 0.3) is 0 Å². The molecule has 3 heterocycles. The Morgan fingerprint density at radius 3 is 2.95 bits per heavy atom. The fourth-order valence-corrected chi connectivity index (χ4v) is 3.66. The summed E-state index contributed by atoms with van der Waals surface area (Å²) >= 11 is 0. The van der Waals surface area contributed by atoms with Gasteiger partial charge in [0.05, 0.1) is 0 Å². The minimum atomic E-state index is 0.532. The zero-order chi connectivity index (χ0) is 14.1. The first kappa shape index (κ1) is 13.8. The molecule has 2 unspecified atom stereocenters. The Morgan fingerprint density at radius 2 is 2.15 bits per heavy atom. The molecule has 2 saturated heterocycles. The fourth-order valence-electron chi connectivity index (χ4n) is 3.66. The summed E-state index contributed by atoms with van der Waals surface area (Å²) in [4.78, 5) is 9.90. The van der Waals surface area contributed by atoms with Crippen LogP contribution in [0.15, 0.2) is 12.1 Å². The van der Waals surface area contributed by atoms with Crippen LogP contribution in [0.3, 0.4) is 0 Å². The van der Waals surface area contributed by atoms with Crippen LogP contribution in [-0.2, 0) is 6.54 Å². The lowest BCUT2D eigenvalue weighted by molar-refractivity contribution is 0.115. The van der Waals surface area contributed by atoms with E-state index >= 15 is 0 Å². The van der Waals surface area contributed by atoms with Gasteiger partial charge in [-0.2, -0.15) is 0 Å². The molecule has 0 aromatic carbocycles. The number of anilines is 1. The number of hydrogen-bond acceptors (Lipinski definition) is 4. The third-order valence-electron chi connectivity index (χ3n) is 4.72. The second-order valence-corrected chi connectivity index (χ2v) is 6.33. The highest BCUT2D eigenvalue weighted by Gasteiger charge is 2.33. The summed E-state index contributed by atoms with van der Waals surface area (Å²) in [5, 5.41) is 0. The van der Waals surface area contributed by atoms with Crippen molar-refractivity contribution in [3.05, 3.63) is 23.4 Å². The lowest BCUT2D eigenvalue weighted by atomic mass is 9.97. The van der Waals surface area contributed by atoms with Crippen LogP contribution in [0.1, 0.15) is 37.4 Å². The highest BCUT2D eigenvalue weighted by Crippen LogP contribution is 2.27. The van der Waals surface area contributed by atoms with Gasteiger partial charge in [-0.15, -0.1) is 0 Å². The third kappa shape index (κ3) is 2.67. The Bertz CT molecular complexity index is 474. The average Bonchev–Trinajstić information content (AvgIpc) is 2.45. The van der Waals surface area contributed by atoms with Crippen molar-refractivity contribution in [1.82, 2.24) is 9.88 Å². The first-order valence-corrected chi connectivity index (χ1v) is 7.85. The molecule has 0 saturated carbocycles. The van der Waals surface area contributed by atoms with Crippen molar-refractivity contribution in [3.8, 4) is 0 Å². The Morgan fingerprint density at radius 1 is 1.30 bits per heavy atom. The number of nitrogens with two attached hydrogens (primary N) is 1. The molecule has 110 valence electrons. The van der Waals surface area contributed by atoms with Crippen LogP contribution >= 0.6 is 0 Å². The quantitative estimate of drug-likeness (QED) is 0.895. The van der Waals surface area contributed by atoms with Crippen LogP contribution in [0.4, 0.5) is 5.82 Å². The summed E-state index contributed by atoms with van der Waals surface area (Å²) in [5.41, 5.74) is 8.06. The van der Waals surface area contributed by atoms with E-state index in [4.69, 9.17) is 10.7 Å². The summed E-state index contributed by atoms with van der Waals surface area (Å²) < 4.78 is 0. The average molecular weight is 274 g/mol. The predicted octanol–water partition coefficient (Wildman–Crippen LogP) is 1.91. The molecule has 0 aliphatic carbocycles. The monoisotopic (exact) mass is 274 g/mol. The van der Waals surface area contributed by atoms with Crippen molar-refractivity contribution in [3.63, 3.8) is 0 Å². The summed E-state index contributed by atoms with van der Waals surface area (Å²) in [7, 11) is 0. The van der Waals surface area contributed by atoms with Crippen molar-refractivity contribution in [1.29, 1.82) is 0 Å². The van der Waals surface area contributed by atoms with Crippen molar-refractivity contribution in [2.24, 2.45) is 5.73 Å². The molecule has 2 N–H and O–H groups in total. The number of nitrogens with zero attached hydrogens (tertiary/aromatic N) is 3. The number of piperidine rings is 1. The predicted molar refractivity (Wildman–Crippen MR) is 82.9 cm³/mol. The molecule has 4 nitrogen and oxygen atoms in total. The van der Waals surface area contributed by atoms with Gasteiger partial charge in [-0.05, 0) is 50.9 Å². The standard InChI is InChI=1S/C16H26N4/c1-12-7-14(9-17)8-16(18-12)20-11-15-5-3-4-6-19(15)10-13(20)2/h7-8,13,15H,3-6,9-11,17H2,1-2H3. The zero-order valence-electron chi connectivity index (χ0n) is 12.7. The first-order valence-electron chi connectivity index (χ1n) is 7.85. The van der Waals surface area contributed by atoms with Crippen molar-refractivity contribution in [2.75, 3.05) is 24.5 Å². The van der Waals surface area contributed by atoms with Gasteiger partial charge in [0.15, 0.2) is 0 Å². The van der Waals surface area contributed by atoms with Crippen molar-refractivity contribution in [2.45, 2.75) is 51.7 Å². The normalized spacial score (nSPS) is 27.4. The molecule has 2 aliphatic rings. The highest BCUT2D eigenvalue weighted by molar-refractivity contribution is 5.44. The van der Waals surface area contributed by atoms with Gasteiger partial charge in [0.2, 0.25) is 0 Å². The first-order chi connectivity index (χ1) is 9.67. The molecular formula is C16H26N4. The molecule has 2 fully saturated rings. The summed E-state index contributed by atoms with van der Waals surface area (Å²) in [6.07, 6.45) is 4.07. The zero-order valence-corrected chi connectivity index (χ0v) is 12.7. The van der Waals surface area contributed by atoms with Gasteiger partial charge >= 0.3 is 0 Å². The molecule has 0 spiro atoms. The maximum absolute atomic E-state index is 5.80. The van der Waals surface area contributed by atoms with E-state index in [-0.39, 0.29) is 0 Å². The number of aromatic nitrogens is 1. The van der Waals surface area contributed by atoms with Gasteiger partial charge in [0, 0.05) is 37.4 Å². The fraction of sp³-hybridized carbons (Fsp3) is 0.688. The number of pyridine rings is 1. The van der Waals surface area contributed by atoms with E-state index in [1.807, 2.05) is 0 Å². The number of hydrogen-bond donors (Lipinski definition) is 1. The van der Waals surface area contributed by atoms with Crippen LogP contribution in [0.2, 0.25) is 0 Å². The second-order valence-electron chi connectivity index (χ2n) is 6.33. The number of rotatable bonds is 2. The molecule has 0 bridgehead atoms. The molecule has 1 aromatic heterocycles. The summed E-state index contributed by atoms with van der Waals surface area (Å²) in [5.74, 6) is 1.11. The highest BCUT2D eigenvalue weighted by atomic mass is 15.3. The van der Waals surface area contributed by atoms with Gasteiger partial charge in [-0.25, -0.2) is 4.98 Å². The van der Waals surface area contributed by atoms with Gasteiger partial charge in [0.1, 0.15) is 5.82 Å². The van der Waals surface area contributed by atoms with Gasteiger partial charge in [0.25, 0.3) is 0 Å². The van der Waals surface area contributed by atoms with E-state index < -0.39 is 0 Å². The topological polar surface area (TPSA) is 45.4 Å². The molecule has 3 rings (SSSR count). The van der Waals surface area contributed by atoms with E-state index in [1.54, 1.807) is 0 Å². The van der Waals surface area contributed by atoms with Crippen molar-refractivity contribution >= 4 is 5.82 Å². The van der Waals surface area contributed by atoms with Gasteiger partial charge < -0.3 is 10.6 Å². The number of aryl methyl sites for hydroxylation is 1. The van der Waals surface area contributed by atoms with Gasteiger partial charge in [-0.3, -0.25) is 4.90 Å². The van der Waals surface area contributed by atoms with E-state index in [1.165, 1.54) is 31.4 Å². The molecule has 0 radical (unpaired) electrons. The van der Waals surface area contributed by atoms with E-state index in [0.29, 0.717) is 18.6 Å². The Labute approximate surface area is 122 Å². The lowest BCUT2D eigenvalue weighted by Crippen LogP contribution is -2.59. The largest absolute Gasteiger partial charge is 0.351 e.